The largest absolute Gasteiger partial charge is 0.329 e. The van der Waals surface area contributed by atoms with Gasteiger partial charge in [-0.1, -0.05) is 0 Å². The molecule has 2 heterocycles. The summed E-state index contributed by atoms with van der Waals surface area (Å²) >= 11 is 0. The van der Waals surface area contributed by atoms with Crippen LogP contribution >= 0.6 is 0 Å². The van der Waals surface area contributed by atoms with Gasteiger partial charge in [0.25, 0.3) is 0 Å². The molecule has 1 aliphatic heterocycles. The Kier molecular flexibility index (Phi) is 5.18. The van der Waals surface area contributed by atoms with E-state index in [-0.39, 0.29) is 0 Å². The van der Waals surface area contributed by atoms with E-state index in [1.165, 1.54) is 18.4 Å². The Morgan fingerprint density at radius 3 is 2.75 bits per heavy atom. The molecule has 1 aliphatic rings. The smallest absolute Gasteiger partial charge is 0.0538 e. The molecule has 0 aliphatic carbocycles. The molecule has 5 heteroatoms. The lowest BCUT2D eigenvalue weighted by Gasteiger charge is -2.33. The maximum Gasteiger partial charge on any atom is 0.0538 e. The summed E-state index contributed by atoms with van der Waals surface area (Å²) in [6.45, 7) is 7.22. The van der Waals surface area contributed by atoms with Crippen molar-refractivity contribution < 1.29 is 0 Å². The Bertz CT molecular complexity index is 412. The normalized spacial score (nSPS) is 22.1. The Labute approximate surface area is 122 Å². The predicted molar refractivity (Wildman–Crippen MR) is 82.7 cm³/mol. The summed E-state index contributed by atoms with van der Waals surface area (Å²) < 4.78 is 2.02. The molecule has 5 nitrogen and oxygen atoms in total. The Morgan fingerprint density at radius 2 is 2.20 bits per heavy atom. The van der Waals surface area contributed by atoms with Gasteiger partial charge in [0.1, 0.15) is 0 Å². The van der Waals surface area contributed by atoms with E-state index in [4.69, 9.17) is 5.73 Å². The van der Waals surface area contributed by atoms with E-state index in [9.17, 15) is 0 Å². The lowest BCUT2D eigenvalue weighted by molar-refractivity contribution is 0.156. The van der Waals surface area contributed by atoms with E-state index in [1.54, 1.807) is 0 Å². The number of nitrogens with two attached hydrogens (primary N) is 1. The maximum absolute atomic E-state index is 6.07. The molecule has 114 valence electrons. The molecule has 2 N–H and O–H groups in total. The molecule has 0 amide bonds. The minimum Gasteiger partial charge on any atom is -0.329 e. The molecular formula is C15H29N5. The van der Waals surface area contributed by atoms with Crippen molar-refractivity contribution >= 4 is 0 Å². The Balaban J connectivity index is 2.13. The number of rotatable bonds is 6. The molecule has 1 aromatic heterocycles. The summed E-state index contributed by atoms with van der Waals surface area (Å²) in [4.78, 5) is 4.84. The van der Waals surface area contributed by atoms with E-state index >= 15 is 0 Å². The molecule has 1 aromatic rings. The molecule has 0 radical (unpaired) electrons. The van der Waals surface area contributed by atoms with Gasteiger partial charge in [-0.25, -0.2) is 0 Å². The average molecular weight is 279 g/mol. The van der Waals surface area contributed by atoms with Gasteiger partial charge in [-0.2, -0.15) is 5.10 Å². The second-order valence-electron chi connectivity index (χ2n) is 6.40. The predicted octanol–water partition coefficient (Wildman–Crippen LogP) is 1.49. The topological polar surface area (TPSA) is 50.3 Å². The number of likely N-dealkylation sites (N-methyl/N-ethyl adjacent to an activating group) is 1. The molecule has 2 unspecified atom stereocenters. The van der Waals surface area contributed by atoms with Gasteiger partial charge in [0.2, 0.25) is 0 Å². The molecule has 2 atom stereocenters. The van der Waals surface area contributed by atoms with Gasteiger partial charge < -0.3 is 10.6 Å². The van der Waals surface area contributed by atoms with E-state index in [0.29, 0.717) is 24.7 Å². The third-order valence-electron chi connectivity index (χ3n) is 4.16. The molecule has 1 fully saturated rings. The molecule has 0 spiro atoms. The van der Waals surface area contributed by atoms with Gasteiger partial charge in [0, 0.05) is 36.9 Å². The lowest BCUT2D eigenvalue weighted by Crippen LogP contribution is -2.42. The number of likely N-dealkylation sites (tertiary alicyclic amines) is 1. The van der Waals surface area contributed by atoms with Crippen LogP contribution in [-0.2, 0) is 0 Å². The zero-order valence-corrected chi connectivity index (χ0v) is 13.3. The van der Waals surface area contributed by atoms with Gasteiger partial charge in [0.05, 0.1) is 12.2 Å². The third-order valence-corrected chi connectivity index (χ3v) is 4.16. The molecular weight excluding hydrogens is 250 g/mol. The van der Waals surface area contributed by atoms with Crippen molar-refractivity contribution in [3.63, 3.8) is 0 Å². The monoisotopic (exact) mass is 279 g/mol. The second kappa shape index (κ2) is 6.70. The summed E-state index contributed by atoms with van der Waals surface area (Å²) in [6, 6.07) is 1.31. The van der Waals surface area contributed by atoms with Crippen molar-refractivity contribution in [1.82, 2.24) is 19.6 Å². The van der Waals surface area contributed by atoms with Crippen LogP contribution in [0.1, 0.15) is 44.3 Å². The van der Waals surface area contributed by atoms with Crippen LogP contribution in [-0.4, -0.2) is 59.4 Å². The van der Waals surface area contributed by atoms with E-state index in [1.807, 2.05) is 10.9 Å². The minimum absolute atomic E-state index is 0.301. The maximum atomic E-state index is 6.07. The van der Waals surface area contributed by atoms with Crippen LogP contribution in [0.25, 0.3) is 0 Å². The van der Waals surface area contributed by atoms with Crippen LogP contribution in [0.2, 0.25) is 0 Å². The molecule has 0 aromatic carbocycles. The highest BCUT2D eigenvalue weighted by Gasteiger charge is 2.31. The zero-order valence-electron chi connectivity index (χ0n) is 13.3. The Hall–Kier alpha value is -0.910. The summed E-state index contributed by atoms with van der Waals surface area (Å²) in [5.74, 6) is 0. The fraction of sp³-hybridized carbons (Fsp3) is 0.800. The van der Waals surface area contributed by atoms with Crippen LogP contribution in [0.3, 0.4) is 0 Å². The molecule has 0 saturated carbocycles. The van der Waals surface area contributed by atoms with Gasteiger partial charge >= 0.3 is 0 Å². The fourth-order valence-corrected chi connectivity index (χ4v) is 3.16. The van der Waals surface area contributed by atoms with Gasteiger partial charge in [-0.05, 0) is 47.3 Å². The fourth-order valence-electron chi connectivity index (χ4n) is 3.16. The highest BCUT2D eigenvalue weighted by atomic mass is 15.3. The quantitative estimate of drug-likeness (QED) is 0.857. The summed E-state index contributed by atoms with van der Waals surface area (Å²) in [7, 11) is 4.29. The Morgan fingerprint density at radius 1 is 1.45 bits per heavy atom. The molecule has 20 heavy (non-hydrogen) atoms. The van der Waals surface area contributed by atoms with Crippen molar-refractivity contribution in [2.24, 2.45) is 5.73 Å². The number of hydrogen-bond donors (Lipinski definition) is 1. The third kappa shape index (κ3) is 3.40. The van der Waals surface area contributed by atoms with Gasteiger partial charge in [-0.3, -0.25) is 9.58 Å². The first-order valence-electron chi connectivity index (χ1n) is 7.67. The standard InChI is InChI=1S/C15H29N5/c1-12(2)20-10-13(9-17-20)15(8-16)19-7-5-6-14(19)11-18(3)4/h9-10,12,14-15H,5-8,11,16H2,1-4H3. The molecule has 2 rings (SSSR count). The van der Waals surface area contributed by atoms with Gasteiger partial charge in [-0.15, -0.1) is 0 Å². The van der Waals surface area contributed by atoms with Crippen molar-refractivity contribution in [2.75, 3.05) is 33.7 Å². The summed E-state index contributed by atoms with van der Waals surface area (Å²) in [6.07, 6.45) is 6.69. The van der Waals surface area contributed by atoms with Crippen molar-refractivity contribution in [1.29, 1.82) is 0 Å². The van der Waals surface area contributed by atoms with Crippen molar-refractivity contribution in [3.8, 4) is 0 Å². The first-order valence-corrected chi connectivity index (χ1v) is 7.67. The molecule has 0 bridgehead atoms. The number of hydrogen-bond acceptors (Lipinski definition) is 4. The number of nitrogens with zero attached hydrogens (tertiary/aromatic N) is 4. The highest BCUT2D eigenvalue weighted by Crippen LogP contribution is 2.29. The lowest BCUT2D eigenvalue weighted by atomic mass is 10.1. The van der Waals surface area contributed by atoms with E-state index in [0.717, 1.165) is 13.1 Å². The van der Waals surface area contributed by atoms with Crippen molar-refractivity contribution in [2.45, 2.75) is 44.8 Å². The average Bonchev–Trinajstić information content (AvgIpc) is 3.00. The van der Waals surface area contributed by atoms with E-state index < -0.39 is 0 Å². The summed E-state index contributed by atoms with van der Waals surface area (Å²) in [5, 5.41) is 4.47. The number of aromatic nitrogens is 2. The van der Waals surface area contributed by atoms with Crippen LogP contribution in [0.15, 0.2) is 12.4 Å². The zero-order chi connectivity index (χ0) is 14.7. The van der Waals surface area contributed by atoms with Crippen LogP contribution in [0.5, 0.6) is 0 Å². The van der Waals surface area contributed by atoms with Crippen LogP contribution < -0.4 is 5.73 Å². The minimum atomic E-state index is 0.301. The molecule has 1 saturated heterocycles. The van der Waals surface area contributed by atoms with Crippen LogP contribution in [0.4, 0.5) is 0 Å². The summed E-state index contributed by atoms with van der Waals surface area (Å²) in [5.41, 5.74) is 7.33. The van der Waals surface area contributed by atoms with E-state index in [2.05, 4.69) is 49.0 Å². The highest BCUT2D eigenvalue weighted by molar-refractivity contribution is 5.13. The van der Waals surface area contributed by atoms with Crippen molar-refractivity contribution in [3.05, 3.63) is 18.0 Å². The first-order chi connectivity index (χ1) is 9.52. The first kappa shape index (κ1) is 15.5. The SMILES string of the molecule is CC(C)n1cc(C(CN)N2CCCC2CN(C)C)cn1. The van der Waals surface area contributed by atoms with Crippen LogP contribution in [0, 0.1) is 0 Å². The van der Waals surface area contributed by atoms with Gasteiger partial charge in [0.15, 0.2) is 0 Å². The second-order valence-corrected chi connectivity index (χ2v) is 6.40.